The Bertz CT molecular complexity index is 789. The molecule has 0 bridgehead atoms. The largest absolute Gasteiger partial charge is 0.341 e. The molecular formula is C16H18N6. The van der Waals surface area contributed by atoms with E-state index in [0.29, 0.717) is 0 Å². The van der Waals surface area contributed by atoms with Gasteiger partial charge in [0.25, 0.3) is 0 Å². The van der Waals surface area contributed by atoms with E-state index in [1.54, 1.807) is 4.68 Å². The second-order valence-electron chi connectivity index (χ2n) is 5.56. The van der Waals surface area contributed by atoms with Gasteiger partial charge in [0.05, 0.1) is 11.6 Å². The number of rotatable bonds is 3. The highest BCUT2D eigenvalue weighted by atomic mass is 15.3. The Balaban J connectivity index is 1.81. The molecule has 2 aromatic heterocycles. The third kappa shape index (κ3) is 2.26. The molecule has 1 aliphatic heterocycles. The lowest BCUT2D eigenvalue weighted by Gasteiger charge is -2.17. The maximum atomic E-state index is 4.74. The van der Waals surface area contributed by atoms with E-state index in [2.05, 4.69) is 15.3 Å². The van der Waals surface area contributed by atoms with E-state index in [0.717, 1.165) is 41.6 Å². The molecule has 0 spiro atoms. The number of aromatic nitrogens is 4. The van der Waals surface area contributed by atoms with E-state index in [-0.39, 0.29) is 0 Å². The van der Waals surface area contributed by atoms with Gasteiger partial charge in [0.1, 0.15) is 5.82 Å². The minimum Gasteiger partial charge on any atom is -0.341 e. The Labute approximate surface area is 128 Å². The predicted octanol–water partition coefficient (Wildman–Crippen LogP) is 2.71. The van der Waals surface area contributed by atoms with Gasteiger partial charge in [-0.15, -0.1) is 0 Å². The number of fused-ring (bicyclic) bond motifs is 1. The first-order valence-electron chi connectivity index (χ1n) is 7.58. The summed E-state index contributed by atoms with van der Waals surface area (Å²) in [5.74, 6) is 1.60. The minimum absolute atomic E-state index is 0.784. The van der Waals surface area contributed by atoms with Crippen molar-refractivity contribution in [2.24, 2.45) is 7.05 Å². The van der Waals surface area contributed by atoms with E-state index >= 15 is 0 Å². The van der Waals surface area contributed by atoms with Crippen LogP contribution in [-0.4, -0.2) is 32.8 Å². The van der Waals surface area contributed by atoms with Gasteiger partial charge >= 0.3 is 0 Å². The summed E-state index contributed by atoms with van der Waals surface area (Å²) in [6.45, 7) is 2.04. The number of hydrogen-bond acceptors (Lipinski definition) is 5. The average molecular weight is 294 g/mol. The molecule has 4 rings (SSSR count). The monoisotopic (exact) mass is 294 g/mol. The molecule has 0 aliphatic carbocycles. The zero-order chi connectivity index (χ0) is 14.9. The summed E-state index contributed by atoms with van der Waals surface area (Å²) in [5, 5.41) is 8.65. The SMILES string of the molecule is Cn1ncc2c(Nc3ccccc3)nc(N3CCCC3)nc21. The first-order chi connectivity index (χ1) is 10.8. The summed E-state index contributed by atoms with van der Waals surface area (Å²) >= 11 is 0. The maximum Gasteiger partial charge on any atom is 0.229 e. The summed E-state index contributed by atoms with van der Waals surface area (Å²) in [6, 6.07) is 10.1. The highest BCUT2D eigenvalue weighted by Gasteiger charge is 2.19. The fraction of sp³-hybridized carbons (Fsp3) is 0.312. The molecule has 0 saturated carbocycles. The lowest BCUT2D eigenvalue weighted by Crippen LogP contribution is -2.21. The molecule has 0 unspecified atom stereocenters. The number of para-hydroxylation sites is 1. The molecule has 6 heteroatoms. The average Bonchev–Trinajstić information content (AvgIpc) is 3.19. The first kappa shape index (κ1) is 13.1. The summed E-state index contributed by atoms with van der Waals surface area (Å²) in [6.07, 6.45) is 4.22. The van der Waals surface area contributed by atoms with E-state index in [1.807, 2.05) is 43.6 Å². The van der Waals surface area contributed by atoms with E-state index in [9.17, 15) is 0 Å². The lowest BCUT2D eigenvalue weighted by atomic mass is 10.3. The van der Waals surface area contributed by atoms with Crippen molar-refractivity contribution < 1.29 is 0 Å². The van der Waals surface area contributed by atoms with Gasteiger partial charge in [-0.25, -0.2) is 0 Å². The number of anilines is 3. The number of aryl methyl sites for hydroxylation is 1. The van der Waals surface area contributed by atoms with Crippen LogP contribution >= 0.6 is 0 Å². The fourth-order valence-corrected chi connectivity index (χ4v) is 2.82. The summed E-state index contributed by atoms with van der Waals surface area (Å²) in [4.78, 5) is 11.7. The van der Waals surface area contributed by atoms with Crippen molar-refractivity contribution in [1.82, 2.24) is 19.7 Å². The van der Waals surface area contributed by atoms with Crippen LogP contribution in [0.1, 0.15) is 12.8 Å². The van der Waals surface area contributed by atoms with Gasteiger partial charge in [0.2, 0.25) is 5.95 Å². The number of nitrogens with one attached hydrogen (secondary N) is 1. The first-order valence-corrected chi connectivity index (χ1v) is 7.58. The van der Waals surface area contributed by atoms with Crippen molar-refractivity contribution in [3.63, 3.8) is 0 Å². The lowest BCUT2D eigenvalue weighted by molar-refractivity contribution is 0.782. The molecule has 0 atom stereocenters. The molecule has 1 aromatic carbocycles. The Morgan fingerprint density at radius 2 is 1.82 bits per heavy atom. The van der Waals surface area contributed by atoms with Crippen LogP contribution in [-0.2, 0) is 7.05 Å². The fourth-order valence-electron chi connectivity index (χ4n) is 2.82. The normalized spacial score (nSPS) is 14.7. The summed E-state index contributed by atoms with van der Waals surface area (Å²) < 4.78 is 1.80. The van der Waals surface area contributed by atoms with Crippen LogP contribution in [0, 0.1) is 0 Å². The Hall–Kier alpha value is -2.63. The molecule has 1 saturated heterocycles. The van der Waals surface area contributed by atoms with Gasteiger partial charge in [-0.05, 0) is 25.0 Å². The van der Waals surface area contributed by atoms with Crippen LogP contribution in [0.5, 0.6) is 0 Å². The van der Waals surface area contributed by atoms with Crippen LogP contribution < -0.4 is 10.2 Å². The van der Waals surface area contributed by atoms with Crippen LogP contribution in [0.3, 0.4) is 0 Å². The van der Waals surface area contributed by atoms with Crippen LogP contribution in [0.4, 0.5) is 17.5 Å². The summed E-state index contributed by atoms with van der Waals surface area (Å²) in [5.41, 5.74) is 1.87. The van der Waals surface area contributed by atoms with Crippen LogP contribution in [0.2, 0.25) is 0 Å². The molecule has 0 radical (unpaired) electrons. The molecule has 112 valence electrons. The molecule has 1 fully saturated rings. The van der Waals surface area contributed by atoms with Crippen molar-refractivity contribution in [1.29, 1.82) is 0 Å². The van der Waals surface area contributed by atoms with E-state index in [4.69, 9.17) is 9.97 Å². The van der Waals surface area contributed by atoms with Gasteiger partial charge in [-0.1, -0.05) is 18.2 Å². The zero-order valence-corrected chi connectivity index (χ0v) is 12.5. The van der Waals surface area contributed by atoms with Crippen molar-refractivity contribution in [2.45, 2.75) is 12.8 Å². The predicted molar refractivity (Wildman–Crippen MR) is 87.5 cm³/mol. The topological polar surface area (TPSA) is 58.9 Å². The molecule has 3 aromatic rings. The molecule has 6 nitrogen and oxygen atoms in total. The van der Waals surface area contributed by atoms with E-state index in [1.165, 1.54) is 12.8 Å². The van der Waals surface area contributed by atoms with Crippen molar-refractivity contribution in [2.75, 3.05) is 23.3 Å². The quantitative estimate of drug-likeness (QED) is 0.805. The van der Waals surface area contributed by atoms with Gasteiger partial charge in [0.15, 0.2) is 5.65 Å². The van der Waals surface area contributed by atoms with Gasteiger partial charge in [-0.3, -0.25) is 4.68 Å². The molecular weight excluding hydrogens is 276 g/mol. The molecule has 1 N–H and O–H groups in total. The molecule has 22 heavy (non-hydrogen) atoms. The van der Waals surface area contributed by atoms with Crippen molar-refractivity contribution >= 4 is 28.5 Å². The van der Waals surface area contributed by atoms with Gasteiger partial charge in [-0.2, -0.15) is 15.1 Å². The van der Waals surface area contributed by atoms with E-state index < -0.39 is 0 Å². The number of benzene rings is 1. The molecule has 3 heterocycles. The van der Waals surface area contributed by atoms with Crippen molar-refractivity contribution in [3.05, 3.63) is 36.5 Å². The number of nitrogens with zero attached hydrogens (tertiary/aromatic N) is 5. The third-order valence-corrected chi connectivity index (χ3v) is 4.01. The minimum atomic E-state index is 0.784. The standard InChI is InChI=1S/C16H18N6/c1-21-15-13(11-17-21)14(18-12-7-3-2-4-8-12)19-16(20-15)22-9-5-6-10-22/h2-4,7-8,11H,5-6,9-10H2,1H3,(H,18,19,20). The Kier molecular flexibility index (Phi) is 3.14. The summed E-state index contributed by atoms with van der Waals surface area (Å²) in [7, 11) is 1.91. The van der Waals surface area contributed by atoms with Gasteiger partial charge in [0, 0.05) is 25.8 Å². The highest BCUT2D eigenvalue weighted by molar-refractivity contribution is 5.89. The molecule has 1 aliphatic rings. The zero-order valence-electron chi connectivity index (χ0n) is 12.5. The smallest absolute Gasteiger partial charge is 0.229 e. The van der Waals surface area contributed by atoms with Crippen LogP contribution in [0.25, 0.3) is 11.0 Å². The Morgan fingerprint density at radius 3 is 2.59 bits per heavy atom. The van der Waals surface area contributed by atoms with Crippen LogP contribution in [0.15, 0.2) is 36.5 Å². The molecule has 0 amide bonds. The highest BCUT2D eigenvalue weighted by Crippen LogP contribution is 2.27. The third-order valence-electron chi connectivity index (χ3n) is 4.01. The van der Waals surface area contributed by atoms with Gasteiger partial charge < -0.3 is 10.2 Å². The maximum absolute atomic E-state index is 4.74. The second-order valence-corrected chi connectivity index (χ2v) is 5.56. The second kappa shape index (κ2) is 5.29. The number of hydrogen-bond donors (Lipinski definition) is 1. The van der Waals surface area contributed by atoms with Crippen molar-refractivity contribution in [3.8, 4) is 0 Å². The Morgan fingerprint density at radius 1 is 1.05 bits per heavy atom.